The molecule has 1 N–H and O–H groups in total. The Morgan fingerprint density at radius 2 is 2.00 bits per heavy atom. The lowest BCUT2D eigenvalue weighted by molar-refractivity contribution is -0.161. The van der Waals surface area contributed by atoms with Crippen LogP contribution in [-0.4, -0.2) is 43.2 Å². The number of nitrogens with zero attached hydrogens (tertiary/aromatic N) is 1. The highest BCUT2D eigenvalue weighted by Crippen LogP contribution is 2.27. The van der Waals surface area contributed by atoms with Gasteiger partial charge in [0.15, 0.2) is 0 Å². The first-order valence-electron chi connectivity index (χ1n) is 6.33. The van der Waals surface area contributed by atoms with E-state index in [-0.39, 0.29) is 19.0 Å². The molecule has 0 heterocycles. The summed E-state index contributed by atoms with van der Waals surface area (Å²) in [6, 6.07) is 0. The van der Waals surface area contributed by atoms with E-state index in [1.807, 2.05) is 0 Å². The standard InChI is InChI=1S/C12H21F3N2O/c1-9(2)7-17(8-12(13,14)15)11(18)6-16-5-10-3-4-10/h9-10,16H,3-8H2,1-2H3. The molecule has 0 radical (unpaired) electrons. The number of rotatable bonds is 7. The minimum atomic E-state index is -4.33. The second-order valence-corrected chi connectivity index (χ2v) is 5.36. The summed E-state index contributed by atoms with van der Waals surface area (Å²) in [6.07, 6.45) is -2.03. The molecule has 0 aromatic rings. The minimum absolute atomic E-state index is 0.000694. The van der Waals surface area contributed by atoms with Crippen molar-refractivity contribution in [3.05, 3.63) is 0 Å². The Balaban J connectivity index is 2.37. The molecule has 0 atom stereocenters. The summed E-state index contributed by atoms with van der Waals surface area (Å²) in [4.78, 5) is 12.6. The van der Waals surface area contributed by atoms with Crippen LogP contribution in [0.2, 0.25) is 0 Å². The predicted octanol–water partition coefficient (Wildman–Crippen LogP) is 2.03. The van der Waals surface area contributed by atoms with Crippen LogP contribution in [0.25, 0.3) is 0 Å². The fraction of sp³-hybridized carbons (Fsp3) is 0.917. The first-order valence-corrected chi connectivity index (χ1v) is 6.33. The summed E-state index contributed by atoms with van der Waals surface area (Å²) in [5.74, 6) is 0.167. The molecule has 1 amide bonds. The van der Waals surface area contributed by atoms with Gasteiger partial charge in [-0.2, -0.15) is 13.2 Å². The van der Waals surface area contributed by atoms with E-state index in [4.69, 9.17) is 0 Å². The Bertz CT molecular complexity index is 275. The van der Waals surface area contributed by atoms with Gasteiger partial charge in [0.25, 0.3) is 0 Å². The van der Waals surface area contributed by atoms with Gasteiger partial charge < -0.3 is 10.2 Å². The van der Waals surface area contributed by atoms with Gasteiger partial charge in [-0.3, -0.25) is 4.79 Å². The van der Waals surface area contributed by atoms with Gasteiger partial charge >= 0.3 is 6.18 Å². The number of hydrogen-bond acceptors (Lipinski definition) is 2. The molecule has 0 aromatic carbocycles. The second-order valence-electron chi connectivity index (χ2n) is 5.36. The zero-order chi connectivity index (χ0) is 13.8. The Morgan fingerprint density at radius 1 is 1.39 bits per heavy atom. The normalized spacial score (nSPS) is 16.1. The van der Waals surface area contributed by atoms with Crippen LogP contribution in [0.15, 0.2) is 0 Å². The van der Waals surface area contributed by atoms with Crippen molar-refractivity contribution in [1.82, 2.24) is 10.2 Å². The SMILES string of the molecule is CC(C)CN(CC(F)(F)F)C(=O)CNCC1CC1. The average Bonchev–Trinajstić information content (AvgIpc) is 2.97. The molecule has 106 valence electrons. The van der Waals surface area contributed by atoms with Gasteiger partial charge in [-0.15, -0.1) is 0 Å². The van der Waals surface area contributed by atoms with E-state index in [0.717, 1.165) is 24.3 Å². The summed E-state index contributed by atoms with van der Waals surface area (Å²) >= 11 is 0. The Hall–Kier alpha value is -0.780. The monoisotopic (exact) mass is 266 g/mol. The number of nitrogens with one attached hydrogen (secondary N) is 1. The lowest BCUT2D eigenvalue weighted by Gasteiger charge is -2.25. The third-order valence-corrected chi connectivity index (χ3v) is 2.71. The number of halogens is 3. The van der Waals surface area contributed by atoms with Gasteiger partial charge in [0, 0.05) is 6.54 Å². The molecule has 1 aliphatic rings. The average molecular weight is 266 g/mol. The Morgan fingerprint density at radius 3 is 2.44 bits per heavy atom. The molecular weight excluding hydrogens is 245 g/mol. The first kappa shape index (κ1) is 15.3. The highest BCUT2D eigenvalue weighted by molar-refractivity contribution is 5.78. The van der Waals surface area contributed by atoms with Crippen LogP contribution >= 0.6 is 0 Å². The molecule has 1 rings (SSSR count). The van der Waals surface area contributed by atoms with Crippen LogP contribution in [-0.2, 0) is 4.79 Å². The summed E-state index contributed by atoms with van der Waals surface area (Å²) in [7, 11) is 0. The number of hydrogen-bond donors (Lipinski definition) is 1. The Labute approximate surface area is 106 Å². The Kier molecular flexibility index (Phi) is 5.44. The van der Waals surface area contributed by atoms with Crippen LogP contribution in [0.4, 0.5) is 13.2 Å². The molecule has 0 saturated heterocycles. The van der Waals surface area contributed by atoms with Gasteiger partial charge in [0.1, 0.15) is 6.54 Å². The molecule has 0 aliphatic heterocycles. The van der Waals surface area contributed by atoms with Crippen LogP contribution in [0.1, 0.15) is 26.7 Å². The van der Waals surface area contributed by atoms with Crippen molar-refractivity contribution < 1.29 is 18.0 Å². The molecule has 0 spiro atoms. The van der Waals surface area contributed by atoms with Gasteiger partial charge in [-0.1, -0.05) is 13.8 Å². The number of alkyl halides is 3. The third kappa shape index (κ3) is 6.83. The quantitative estimate of drug-likeness (QED) is 0.764. The summed E-state index contributed by atoms with van der Waals surface area (Å²) in [5, 5.41) is 2.93. The smallest absolute Gasteiger partial charge is 0.332 e. The highest BCUT2D eigenvalue weighted by atomic mass is 19.4. The van der Waals surface area contributed by atoms with E-state index in [2.05, 4.69) is 5.32 Å². The van der Waals surface area contributed by atoms with E-state index >= 15 is 0 Å². The fourth-order valence-corrected chi connectivity index (χ4v) is 1.73. The zero-order valence-electron chi connectivity index (χ0n) is 10.9. The van der Waals surface area contributed by atoms with E-state index in [1.165, 1.54) is 0 Å². The van der Waals surface area contributed by atoms with E-state index < -0.39 is 18.6 Å². The molecule has 3 nitrogen and oxygen atoms in total. The second kappa shape index (κ2) is 6.41. The number of amides is 1. The first-order chi connectivity index (χ1) is 8.28. The molecule has 18 heavy (non-hydrogen) atoms. The van der Waals surface area contributed by atoms with E-state index in [0.29, 0.717) is 5.92 Å². The van der Waals surface area contributed by atoms with Crippen molar-refractivity contribution in [2.75, 3.05) is 26.2 Å². The van der Waals surface area contributed by atoms with Crippen molar-refractivity contribution in [2.45, 2.75) is 32.9 Å². The summed E-state index contributed by atoms with van der Waals surface area (Å²) < 4.78 is 37.1. The van der Waals surface area contributed by atoms with Crippen molar-refractivity contribution in [3.63, 3.8) is 0 Å². The number of carbonyl (C=O) groups excluding carboxylic acids is 1. The fourth-order valence-electron chi connectivity index (χ4n) is 1.73. The van der Waals surface area contributed by atoms with Crippen molar-refractivity contribution in [2.24, 2.45) is 11.8 Å². The predicted molar refractivity (Wildman–Crippen MR) is 63.1 cm³/mol. The molecular formula is C12H21F3N2O. The van der Waals surface area contributed by atoms with E-state index in [9.17, 15) is 18.0 Å². The minimum Gasteiger partial charge on any atom is -0.332 e. The summed E-state index contributed by atoms with van der Waals surface area (Å²) in [5.41, 5.74) is 0. The maximum atomic E-state index is 12.4. The zero-order valence-corrected chi connectivity index (χ0v) is 10.9. The maximum Gasteiger partial charge on any atom is 0.406 e. The lowest BCUT2D eigenvalue weighted by atomic mass is 10.2. The third-order valence-electron chi connectivity index (χ3n) is 2.71. The molecule has 1 saturated carbocycles. The van der Waals surface area contributed by atoms with Crippen LogP contribution in [0, 0.1) is 11.8 Å². The molecule has 1 fully saturated rings. The van der Waals surface area contributed by atoms with Gasteiger partial charge in [0.05, 0.1) is 6.54 Å². The molecule has 1 aliphatic carbocycles. The van der Waals surface area contributed by atoms with Crippen LogP contribution < -0.4 is 5.32 Å². The van der Waals surface area contributed by atoms with Crippen molar-refractivity contribution in [3.8, 4) is 0 Å². The molecule has 0 aromatic heterocycles. The van der Waals surface area contributed by atoms with Gasteiger partial charge in [0.2, 0.25) is 5.91 Å². The maximum absolute atomic E-state index is 12.4. The van der Waals surface area contributed by atoms with Gasteiger partial charge in [-0.05, 0) is 31.2 Å². The number of carbonyl (C=O) groups is 1. The molecule has 0 unspecified atom stereocenters. The molecule has 6 heteroatoms. The van der Waals surface area contributed by atoms with Crippen molar-refractivity contribution >= 4 is 5.91 Å². The van der Waals surface area contributed by atoms with Crippen molar-refractivity contribution in [1.29, 1.82) is 0 Å². The van der Waals surface area contributed by atoms with Crippen LogP contribution in [0.3, 0.4) is 0 Å². The largest absolute Gasteiger partial charge is 0.406 e. The highest BCUT2D eigenvalue weighted by Gasteiger charge is 2.33. The lowest BCUT2D eigenvalue weighted by Crippen LogP contribution is -2.45. The van der Waals surface area contributed by atoms with Gasteiger partial charge in [-0.25, -0.2) is 0 Å². The van der Waals surface area contributed by atoms with Crippen LogP contribution in [0.5, 0.6) is 0 Å². The summed E-state index contributed by atoms with van der Waals surface area (Å²) in [6.45, 7) is 3.31. The van der Waals surface area contributed by atoms with E-state index in [1.54, 1.807) is 13.8 Å². The topological polar surface area (TPSA) is 32.3 Å². The molecule has 0 bridgehead atoms.